The van der Waals surface area contributed by atoms with Crippen LogP contribution in [0.4, 0.5) is 11.4 Å². The van der Waals surface area contributed by atoms with E-state index in [1.165, 1.54) is 0 Å². The number of anilines is 2. The Morgan fingerprint density at radius 2 is 0.853 bits per heavy atom. The van der Waals surface area contributed by atoms with Gasteiger partial charge in [-0.05, 0) is 86.6 Å². The largest absolute Gasteiger partial charge is 0.465 e. The van der Waals surface area contributed by atoms with Crippen molar-refractivity contribution in [3.63, 3.8) is 0 Å². The van der Waals surface area contributed by atoms with E-state index in [2.05, 4.69) is 10.6 Å². The van der Waals surface area contributed by atoms with Gasteiger partial charge in [0.2, 0.25) is 0 Å². The molecule has 0 fully saturated rings. The van der Waals surface area contributed by atoms with Crippen LogP contribution in [0.2, 0.25) is 0 Å². The van der Waals surface area contributed by atoms with Gasteiger partial charge in [0, 0.05) is 11.4 Å². The maximum absolute atomic E-state index is 11.4. The van der Waals surface area contributed by atoms with Crippen molar-refractivity contribution in [2.45, 2.75) is 13.8 Å². The van der Waals surface area contributed by atoms with Crippen LogP contribution in [-0.4, -0.2) is 38.2 Å². The maximum atomic E-state index is 11.4. The van der Waals surface area contributed by atoms with Gasteiger partial charge in [0.05, 0.1) is 13.2 Å². The van der Waals surface area contributed by atoms with Crippen LogP contribution in [0, 0.1) is 0 Å². The summed E-state index contributed by atoms with van der Waals surface area (Å²) in [6, 6.07) is 21.9. The average Bonchev–Trinajstić information content (AvgIpc) is 2.85. The van der Waals surface area contributed by atoms with E-state index in [9.17, 15) is 9.59 Å². The minimum atomic E-state index is -0.299. The summed E-state index contributed by atoms with van der Waals surface area (Å²) in [5, 5.41) is 6.00. The van der Waals surface area contributed by atoms with Crippen LogP contribution in [0.15, 0.2) is 72.8 Å². The molecule has 0 unspecified atom stereocenters. The van der Waals surface area contributed by atoms with Crippen molar-refractivity contribution in [1.29, 1.82) is 0 Å². The van der Waals surface area contributed by atoms with Crippen molar-refractivity contribution < 1.29 is 28.5 Å². The highest BCUT2D eigenvalue weighted by Crippen LogP contribution is 2.28. The molecule has 34 heavy (non-hydrogen) atoms. The molecule has 0 saturated carbocycles. The second kappa shape index (κ2) is 12.7. The molecule has 3 aromatic carbocycles. The Morgan fingerprint density at radius 3 is 1.15 bits per heavy atom. The topological polar surface area (TPSA) is 95.1 Å². The van der Waals surface area contributed by atoms with E-state index in [1.54, 1.807) is 13.8 Å². The fourth-order valence-corrected chi connectivity index (χ4v) is 2.90. The molecule has 0 aliphatic carbocycles. The molecule has 0 aliphatic heterocycles. The second-order valence-electron chi connectivity index (χ2n) is 7.04. The fourth-order valence-electron chi connectivity index (χ4n) is 2.90. The minimum Gasteiger partial charge on any atom is -0.465 e. The average molecular weight is 465 g/mol. The summed E-state index contributed by atoms with van der Waals surface area (Å²) in [6.07, 6.45) is 0. The predicted octanol–water partition coefficient (Wildman–Crippen LogP) is 5.22. The molecule has 0 heterocycles. The normalized spacial score (nSPS) is 10.2. The third kappa shape index (κ3) is 8.05. The molecule has 8 heteroatoms. The molecule has 0 aromatic heterocycles. The van der Waals surface area contributed by atoms with Gasteiger partial charge in [0.15, 0.2) is 0 Å². The van der Waals surface area contributed by atoms with Crippen molar-refractivity contribution >= 4 is 23.3 Å². The van der Waals surface area contributed by atoms with Gasteiger partial charge in [-0.2, -0.15) is 0 Å². The molecule has 2 N–H and O–H groups in total. The number of ether oxygens (including phenoxy) is 4. The molecule has 0 amide bonds. The van der Waals surface area contributed by atoms with Crippen molar-refractivity contribution in [3.05, 3.63) is 72.8 Å². The van der Waals surface area contributed by atoms with E-state index in [0.29, 0.717) is 36.2 Å². The lowest BCUT2D eigenvalue weighted by Gasteiger charge is -2.10. The Hall–Kier alpha value is -4.20. The smallest absolute Gasteiger partial charge is 0.325 e. The summed E-state index contributed by atoms with van der Waals surface area (Å²) < 4.78 is 21.5. The summed E-state index contributed by atoms with van der Waals surface area (Å²) in [5.41, 5.74) is 1.59. The summed E-state index contributed by atoms with van der Waals surface area (Å²) in [6.45, 7) is 4.49. The summed E-state index contributed by atoms with van der Waals surface area (Å²) >= 11 is 0. The zero-order valence-electron chi connectivity index (χ0n) is 19.2. The predicted molar refractivity (Wildman–Crippen MR) is 130 cm³/mol. The molecule has 3 rings (SSSR count). The van der Waals surface area contributed by atoms with Gasteiger partial charge in [0.25, 0.3) is 0 Å². The first-order valence-corrected chi connectivity index (χ1v) is 11.0. The summed E-state index contributed by atoms with van der Waals surface area (Å²) in [5.74, 6) is 2.07. The third-order valence-electron chi connectivity index (χ3n) is 4.49. The van der Waals surface area contributed by atoms with E-state index >= 15 is 0 Å². The molecule has 3 aromatic rings. The number of esters is 2. The van der Waals surface area contributed by atoms with Gasteiger partial charge in [-0.1, -0.05) is 0 Å². The van der Waals surface area contributed by atoms with Gasteiger partial charge in [-0.3, -0.25) is 9.59 Å². The minimum absolute atomic E-state index is 0.113. The van der Waals surface area contributed by atoms with Crippen LogP contribution in [0.25, 0.3) is 0 Å². The molecule has 0 aliphatic rings. The highest BCUT2D eigenvalue weighted by atomic mass is 16.5. The van der Waals surface area contributed by atoms with Crippen molar-refractivity contribution in [2.24, 2.45) is 0 Å². The standard InChI is InChI=1S/C26H28N2O6/c1-3-31-25(29)17-27-19-5-9-21(10-6-19)33-23-13-15-24(16-14-23)34-22-11-7-20(8-12-22)28-18-26(30)32-4-2/h5-16,27-28H,3-4,17-18H2,1-2H3. The van der Waals surface area contributed by atoms with E-state index in [-0.39, 0.29) is 25.0 Å². The van der Waals surface area contributed by atoms with E-state index in [0.717, 1.165) is 11.4 Å². The first-order chi connectivity index (χ1) is 16.6. The number of carbonyl (C=O) groups is 2. The van der Waals surface area contributed by atoms with Crippen LogP contribution in [0.1, 0.15) is 13.8 Å². The zero-order chi connectivity index (χ0) is 24.2. The van der Waals surface area contributed by atoms with E-state index in [4.69, 9.17) is 18.9 Å². The Morgan fingerprint density at radius 1 is 0.559 bits per heavy atom. The number of carbonyl (C=O) groups excluding carboxylic acids is 2. The summed E-state index contributed by atoms with van der Waals surface area (Å²) in [7, 11) is 0. The lowest BCUT2D eigenvalue weighted by atomic mass is 10.3. The highest BCUT2D eigenvalue weighted by molar-refractivity contribution is 5.75. The van der Waals surface area contributed by atoms with Gasteiger partial charge < -0.3 is 29.6 Å². The van der Waals surface area contributed by atoms with Gasteiger partial charge >= 0.3 is 11.9 Å². The van der Waals surface area contributed by atoms with Gasteiger partial charge in [-0.15, -0.1) is 0 Å². The highest BCUT2D eigenvalue weighted by Gasteiger charge is 2.04. The molecule has 0 spiro atoms. The lowest BCUT2D eigenvalue weighted by molar-refractivity contribution is -0.141. The molecule has 0 saturated heterocycles. The maximum Gasteiger partial charge on any atom is 0.325 e. The quantitative estimate of drug-likeness (QED) is 0.352. The fraction of sp³-hybridized carbons (Fsp3) is 0.231. The molecule has 178 valence electrons. The number of benzene rings is 3. The lowest BCUT2D eigenvalue weighted by Crippen LogP contribution is -2.16. The van der Waals surface area contributed by atoms with Crippen LogP contribution < -0.4 is 20.1 Å². The molecule has 0 atom stereocenters. The molecular weight excluding hydrogens is 436 g/mol. The SMILES string of the molecule is CCOC(=O)CNc1ccc(Oc2ccc(Oc3ccc(NCC(=O)OCC)cc3)cc2)cc1. The Kier molecular flexibility index (Phi) is 9.16. The van der Waals surface area contributed by atoms with Crippen LogP contribution in [0.3, 0.4) is 0 Å². The number of nitrogens with one attached hydrogen (secondary N) is 2. The molecule has 0 bridgehead atoms. The monoisotopic (exact) mass is 464 g/mol. The Labute approximate surface area is 198 Å². The van der Waals surface area contributed by atoms with E-state index < -0.39 is 0 Å². The van der Waals surface area contributed by atoms with Crippen LogP contribution in [-0.2, 0) is 19.1 Å². The van der Waals surface area contributed by atoms with Crippen molar-refractivity contribution in [3.8, 4) is 23.0 Å². The number of hydrogen-bond donors (Lipinski definition) is 2. The first kappa shape index (κ1) is 24.4. The zero-order valence-corrected chi connectivity index (χ0v) is 19.2. The Bertz CT molecular complexity index is 964. The third-order valence-corrected chi connectivity index (χ3v) is 4.49. The van der Waals surface area contributed by atoms with Gasteiger partial charge in [0.1, 0.15) is 36.1 Å². The molecular formula is C26H28N2O6. The molecule has 0 radical (unpaired) electrons. The molecule has 8 nitrogen and oxygen atoms in total. The number of hydrogen-bond acceptors (Lipinski definition) is 8. The second-order valence-corrected chi connectivity index (χ2v) is 7.04. The Balaban J connectivity index is 1.47. The van der Waals surface area contributed by atoms with Crippen molar-refractivity contribution in [1.82, 2.24) is 0 Å². The summed E-state index contributed by atoms with van der Waals surface area (Å²) in [4.78, 5) is 22.8. The number of rotatable bonds is 12. The van der Waals surface area contributed by atoms with Crippen LogP contribution in [0.5, 0.6) is 23.0 Å². The van der Waals surface area contributed by atoms with E-state index in [1.807, 2.05) is 72.8 Å². The first-order valence-electron chi connectivity index (χ1n) is 11.0. The van der Waals surface area contributed by atoms with Crippen LogP contribution >= 0.6 is 0 Å². The van der Waals surface area contributed by atoms with Gasteiger partial charge in [-0.25, -0.2) is 0 Å². The van der Waals surface area contributed by atoms with Crippen molar-refractivity contribution in [2.75, 3.05) is 36.9 Å².